The van der Waals surface area contributed by atoms with E-state index in [9.17, 15) is 4.79 Å². The van der Waals surface area contributed by atoms with Crippen molar-refractivity contribution in [3.05, 3.63) is 36.8 Å². The van der Waals surface area contributed by atoms with E-state index in [-0.39, 0.29) is 18.2 Å². The summed E-state index contributed by atoms with van der Waals surface area (Å²) in [6.07, 6.45) is 6.15. The molecule has 0 spiro atoms. The zero-order chi connectivity index (χ0) is 16.9. The lowest BCUT2D eigenvalue weighted by molar-refractivity contribution is 0.0290. The Balaban J connectivity index is 1.89. The van der Waals surface area contributed by atoms with Crippen molar-refractivity contribution in [1.29, 1.82) is 0 Å². The maximum absolute atomic E-state index is 12.1. The van der Waals surface area contributed by atoms with Crippen molar-refractivity contribution in [1.82, 2.24) is 10.2 Å². The summed E-state index contributed by atoms with van der Waals surface area (Å²) in [6.45, 7) is 10.8. The average molecular weight is 320 g/mol. The number of hydrogen-bond donors (Lipinski definition) is 1. The molecule has 1 fully saturated rings. The number of amides is 1. The quantitative estimate of drug-likeness (QED) is 0.808. The van der Waals surface area contributed by atoms with Gasteiger partial charge in [-0.3, -0.25) is 0 Å². The van der Waals surface area contributed by atoms with Crippen LogP contribution in [-0.2, 0) is 4.74 Å². The van der Waals surface area contributed by atoms with Crippen LogP contribution in [0, 0.1) is 0 Å². The Morgan fingerprint density at radius 2 is 2.39 bits per heavy atom. The molecule has 5 nitrogen and oxygen atoms in total. The van der Waals surface area contributed by atoms with E-state index < -0.39 is 5.60 Å². The van der Waals surface area contributed by atoms with Crippen LogP contribution >= 0.6 is 0 Å². The number of allylic oxidation sites excluding steroid dienone is 1. The van der Waals surface area contributed by atoms with Crippen LogP contribution in [0.25, 0.3) is 0 Å². The van der Waals surface area contributed by atoms with E-state index >= 15 is 0 Å². The van der Waals surface area contributed by atoms with Gasteiger partial charge >= 0.3 is 6.09 Å². The van der Waals surface area contributed by atoms with Crippen LogP contribution in [0.5, 0.6) is 0 Å². The fourth-order valence-corrected chi connectivity index (χ4v) is 2.75. The Hall–Kier alpha value is -1.75. The van der Waals surface area contributed by atoms with Gasteiger partial charge in [-0.2, -0.15) is 0 Å². The minimum Gasteiger partial charge on any atom is -0.468 e. The van der Waals surface area contributed by atoms with Crippen molar-refractivity contribution < 1.29 is 13.9 Å². The van der Waals surface area contributed by atoms with Gasteiger partial charge in [0, 0.05) is 19.1 Å². The second-order valence-corrected chi connectivity index (χ2v) is 7.01. The first-order chi connectivity index (χ1) is 10.9. The highest BCUT2D eigenvalue weighted by Crippen LogP contribution is 2.23. The van der Waals surface area contributed by atoms with Crippen molar-refractivity contribution >= 4 is 6.09 Å². The summed E-state index contributed by atoms with van der Waals surface area (Å²) >= 11 is 0. The van der Waals surface area contributed by atoms with Crippen LogP contribution in [0.1, 0.15) is 51.8 Å². The molecule has 1 aliphatic rings. The fourth-order valence-electron chi connectivity index (χ4n) is 2.75. The summed E-state index contributed by atoms with van der Waals surface area (Å²) in [5.41, 5.74) is -0.455. The number of ether oxygens (including phenoxy) is 1. The van der Waals surface area contributed by atoms with Gasteiger partial charge in [0.1, 0.15) is 11.4 Å². The molecule has 0 bridgehead atoms. The Kier molecular flexibility index (Phi) is 5.88. The van der Waals surface area contributed by atoms with Crippen molar-refractivity contribution in [3.63, 3.8) is 0 Å². The largest absolute Gasteiger partial charge is 0.468 e. The number of carbonyl (C=O) groups excluding carboxylic acids is 1. The molecule has 1 saturated heterocycles. The number of likely N-dealkylation sites (tertiary alicyclic amines) is 1. The Morgan fingerprint density at radius 3 is 3.00 bits per heavy atom. The number of carbonyl (C=O) groups is 1. The number of hydrogen-bond acceptors (Lipinski definition) is 4. The van der Waals surface area contributed by atoms with Crippen LogP contribution in [0.3, 0.4) is 0 Å². The highest BCUT2D eigenvalue weighted by molar-refractivity contribution is 5.68. The summed E-state index contributed by atoms with van der Waals surface area (Å²) in [7, 11) is 0. The minimum absolute atomic E-state index is 0.145. The lowest BCUT2D eigenvalue weighted by atomic mass is 10.1. The van der Waals surface area contributed by atoms with Gasteiger partial charge in [0.05, 0.1) is 12.3 Å². The van der Waals surface area contributed by atoms with Gasteiger partial charge in [0.2, 0.25) is 0 Å². The number of nitrogens with zero attached hydrogens (tertiary/aromatic N) is 1. The van der Waals surface area contributed by atoms with Gasteiger partial charge in [-0.05, 0) is 52.2 Å². The van der Waals surface area contributed by atoms with E-state index in [0.717, 1.165) is 31.6 Å². The van der Waals surface area contributed by atoms with Gasteiger partial charge in [0.15, 0.2) is 0 Å². The van der Waals surface area contributed by atoms with E-state index in [1.54, 1.807) is 11.2 Å². The topological polar surface area (TPSA) is 54.7 Å². The standard InChI is InChI=1S/C18H28N2O3/c1-5-6-8-15(16-9-7-12-22-16)19-14-10-11-20(13-14)17(21)23-18(2,3)4/h5,7,9,12,14-15,19H,1,6,8,10-11,13H2,2-4H3/t14-,15+/m1/s1. The second kappa shape index (κ2) is 7.68. The maximum Gasteiger partial charge on any atom is 0.410 e. The predicted molar refractivity (Wildman–Crippen MR) is 90.2 cm³/mol. The zero-order valence-electron chi connectivity index (χ0n) is 14.4. The molecule has 1 N–H and O–H groups in total. The molecular formula is C18H28N2O3. The van der Waals surface area contributed by atoms with E-state index in [2.05, 4.69) is 11.9 Å². The molecule has 1 aliphatic heterocycles. The molecule has 1 amide bonds. The van der Waals surface area contributed by atoms with E-state index in [1.807, 2.05) is 39.0 Å². The van der Waals surface area contributed by atoms with Gasteiger partial charge < -0.3 is 19.4 Å². The summed E-state index contributed by atoms with van der Waals surface area (Å²) in [4.78, 5) is 13.9. The van der Waals surface area contributed by atoms with Gasteiger partial charge in [-0.25, -0.2) is 4.79 Å². The average Bonchev–Trinajstić information content (AvgIpc) is 3.12. The maximum atomic E-state index is 12.1. The molecule has 2 atom stereocenters. The summed E-state index contributed by atoms with van der Waals surface area (Å²) < 4.78 is 11.0. The summed E-state index contributed by atoms with van der Waals surface area (Å²) in [5.74, 6) is 0.933. The second-order valence-electron chi connectivity index (χ2n) is 7.01. The lowest BCUT2D eigenvalue weighted by Gasteiger charge is -2.25. The number of nitrogens with one attached hydrogen (secondary N) is 1. The molecule has 0 aromatic carbocycles. The SMILES string of the molecule is C=CCC[C@H](N[C@@H]1CCN(C(=O)OC(C)(C)C)C1)c1ccco1. The van der Waals surface area contributed by atoms with Gasteiger partial charge in [0.25, 0.3) is 0 Å². The number of furan rings is 1. The van der Waals surface area contributed by atoms with Gasteiger partial charge in [-0.1, -0.05) is 6.08 Å². The molecule has 0 radical (unpaired) electrons. The van der Waals surface area contributed by atoms with Crippen LogP contribution in [0.4, 0.5) is 4.79 Å². The zero-order valence-corrected chi connectivity index (χ0v) is 14.4. The molecule has 0 saturated carbocycles. The highest BCUT2D eigenvalue weighted by atomic mass is 16.6. The third kappa shape index (κ3) is 5.43. The first kappa shape index (κ1) is 17.6. The van der Waals surface area contributed by atoms with Crippen molar-refractivity contribution in [2.75, 3.05) is 13.1 Å². The third-order valence-electron chi connectivity index (χ3n) is 3.82. The van der Waals surface area contributed by atoms with E-state index in [1.165, 1.54) is 0 Å². The Labute approximate surface area is 138 Å². The van der Waals surface area contributed by atoms with Crippen molar-refractivity contribution in [3.8, 4) is 0 Å². The smallest absolute Gasteiger partial charge is 0.410 e. The molecule has 0 unspecified atom stereocenters. The molecule has 5 heteroatoms. The molecule has 1 aromatic rings. The third-order valence-corrected chi connectivity index (χ3v) is 3.82. The Morgan fingerprint density at radius 1 is 1.61 bits per heavy atom. The van der Waals surface area contributed by atoms with Crippen LogP contribution < -0.4 is 5.32 Å². The van der Waals surface area contributed by atoms with Crippen LogP contribution in [0.15, 0.2) is 35.5 Å². The molecule has 128 valence electrons. The molecule has 2 rings (SSSR count). The van der Waals surface area contributed by atoms with Crippen molar-refractivity contribution in [2.45, 2.75) is 57.7 Å². The summed E-state index contributed by atoms with van der Waals surface area (Å²) in [5, 5.41) is 3.61. The van der Waals surface area contributed by atoms with Crippen molar-refractivity contribution in [2.24, 2.45) is 0 Å². The van der Waals surface area contributed by atoms with Crippen LogP contribution in [-0.4, -0.2) is 35.7 Å². The molecule has 23 heavy (non-hydrogen) atoms. The number of rotatable bonds is 6. The van der Waals surface area contributed by atoms with E-state index in [4.69, 9.17) is 9.15 Å². The van der Waals surface area contributed by atoms with Gasteiger partial charge in [-0.15, -0.1) is 6.58 Å². The Bertz CT molecular complexity index is 505. The highest BCUT2D eigenvalue weighted by Gasteiger charge is 2.31. The molecule has 0 aliphatic carbocycles. The molecule has 1 aromatic heterocycles. The first-order valence-corrected chi connectivity index (χ1v) is 8.27. The molecule has 2 heterocycles. The predicted octanol–water partition coefficient (Wildman–Crippen LogP) is 3.89. The normalized spacial score (nSPS) is 19.6. The first-order valence-electron chi connectivity index (χ1n) is 8.27. The monoisotopic (exact) mass is 320 g/mol. The lowest BCUT2D eigenvalue weighted by Crippen LogP contribution is -2.39. The fraction of sp³-hybridized carbons (Fsp3) is 0.611. The van der Waals surface area contributed by atoms with E-state index in [0.29, 0.717) is 6.54 Å². The molecular weight excluding hydrogens is 292 g/mol. The van der Waals surface area contributed by atoms with Crippen LogP contribution in [0.2, 0.25) is 0 Å². The minimum atomic E-state index is -0.455. The summed E-state index contributed by atoms with van der Waals surface area (Å²) in [6, 6.07) is 4.29.